The van der Waals surface area contributed by atoms with E-state index in [1.54, 1.807) is 6.07 Å². The zero-order chi connectivity index (χ0) is 16.2. The molecule has 6 heteroatoms. The summed E-state index contributed by atoms with van der Waals surface area (Å²) in [5.74, 6) is -0.388. The van der Waals surface area contributed by atoms with Crippen molar-refractivity contribution in [3.8, 4) is 0 Å². The normalized spacial score (nSPS) is 18.9. The number of primary amides is 1. The third-order valence-electron chi connectivity index (χ3n) is 3.99. The predicted molar refractivity (Wildman–Crippen MR) is 86.9 cm³/mol. The minimum absolute atomic E-state index is 0.127. The highest BCUT2D eigenvalue weighted by molar-refractivity contribution is 5.92. The number of hydrogen-bond donors (Lipinski definition) is 1. The highest BCUT2D eigenvalue weighted by Gasteiger charge is 2.21. The zero-order valence-electron chi connectivity index (χ0n) is 13.3. The molecule has 0 spiro atoms. The van der Waals surface area contributed by atoms with Crippen LogP contribution in [0.25, 0.3) is 0 Å². The number of nitrogens with two attached hydrogens (primary N) is 1. The number of carbonyl (C=O) groups excluding carboxylic acids is 1. The molecule has 6 nitrogen and oxygen atoms in total. The van der Waals surface area contributed by atoms with Gasteiger partial charge in [-0.15, -0.1) is 0 Å². The van der Waals surface area contributed by atoms with Gasteiger partial charge in [0.25, 0.3) is 0 Å². The lowest BCUT2D eigenvalue weighted by molar-refractivity contribution is -0.0402. The molecule has 2 heterocycles. The topological polar surface area (TPSA) is 73.4 Å². The van der Waals surface area contributed by atoms with E-state index in [9.17, 15) is 4.79 Å². The van der Waals surface area contributed by atoms with Gasteiger partial charge in [-0.1, -0.05) is 12.1 Å². The fourth-order valence-electron chi connectivity index (χ4n) is 2.89. The summed E-state index contributed by atoms with van der Waals surface area (Å²) in [4.78, 5) is 13.6. The van der Waals surface area contributed by atoms with Crippen molar-refractivity contribution in [1.82, 2.24) is 14.7 Å². The predicted octanol–water partition coefficient (Wildman–Crippen LogP) is 1.19. The number of nitrogens with zero attached hydrogens (tertiary/aromatic N) is 3. The van der Waals surface area contributed by atoms with Crippen LogP contribution in [-0.4, -0.2) is 46.4 Å². The molecule has 0 unspecified atom stereocenters. The molecular formula is C17H22N4O2. The van der Waals surface area contributed by atoms with Gasteiger partial charge in [-0.2, -0.15) is 5.10 Å². The number of benzene rings is 1. The summed E-state index contributed by atoms with van der Waals surface area (Å²) >= 11 is 0. The van der Waals surface area contributed by atoms with Crippen LogP contribution in [0.3, 0.4) is 0 Å². The average Bonchev–Trinajstić information content (AvgIpc) is 2.93. The second kappa shape index (κ2) is 6.93. The Labute approximate surface area is 135 Å². The van der Waals surface area contributed by atoms with Gasteiger partial charge in [0.1, 0.15) is 0 Å². The van der Waals surface area contributed by atoms with E-state index in [2.05, 4.69) is 10.00 Å². The van der Waals surface area contributed by atoms with Crippen LogP contribution in [0.4, 0.5) is 0 Å². The van der Waals surface area contributed by atoms with Gasteiger partial charge in [-0.3, -0.25) is 14.4 Å². The Morgan fingerprint density at radius 1 is 1.48 bits per heavy atom. The quantitative estimate of drug-likeness (QED) is 0.900. The van der Waals surface area contributed by atoms with Gasteiger partial charge in [0.15, 0.2) is 0 Å². The number of carbonyl (C=O) groups is 1. The van der Waals surface area contributed by atoms with Crippen LogP contribution in [0.1, 0.15) is 21.5 Å². The van der Waals surface area contributed by atoms with Gasteiger partial charge < -0.3 is 10.5 Å². The van der Waals surface area contributed by atoms with Crippen molar-refractivity contribution in [3.05, 3.63) is 53.3 Å². The maximum Gasteiger partial charge on any atom is 0.248 e. The smallest absolute Gasteiger partial charge is 0.248 e. The van der Waals surface area contributed by atoms with Crippen molar-refractivity contribution < 1.29 is 9.53 Å². The van der Waals surface area contributed by atoms with Gasteiger partial charge in [0.2, 0.25) is 5.91 Å². The molecule has 122 valence electrons. The van der Waals surface area contributed by atoms with Gasteiger partial charge in [0.05, 0.1) is 25.5 Å². The summed E-state index contributed by atoms with van der Waals surface area (Å²) < 4.78 is 7.77. The van der Waals surface area contributed by atoms with Crippen molar-refractivity contribution in [3.63, 3.8) is 0 Å². The molecule has 1 aliphatic rings. The second-order valence-corrected chi connectivity index (χ2v) is 6.03. The summed E-state index contributed by atoms with van der Waals surface area (Å²) in [6.45, 7) is 6.02. The van der Waals surface area contributed by atoms with Crippen LogP contribution in [0.5, 0.6) is 0 Å². The van der Waals surface area contributed by atoms with Gasteiger partial charge >= 0.3 is 0 Å². The van der Waals surface area contributed by atoms with Crippen LogP contribution in [0.2, 0.25) is 0 Å². The summed E-state index contributed by atoms with van der Waals surface area (Å²) in [5, 5.41) is 4.32. The molecular weight excluding hydrogens is 292 g/mol. The van der Waals surface area contributed by atoms with E-state index in [0.717, 1.165) is 37.3 Å². The standard InChI is InChI=1S/C17H22N4O2/c1-13-8-19-21(9-13)12-16-11-20(5-6-23-16)10-14-3-2-4-15(7-14)17(18)22/h2-4,7-9,16H,5-6,10-12H2,1H3,(H2,18,22)/t16-/m1/s1. The van der Waals surface area contributed by atoms with Crippen molar-refractivity contribution in [2.45, 2.75) is 26.1 Å². The maximum atomic E-state index is 11.3. The molecule has 2 N–H and O–H groups in total. The highest BCUT2D eigenvalue weighted by atomic mass is 16.5. The fourth-order valence-corrected chi connectivity index (χ4v) is 2.89. The highest BCUT2D eigenvalue weighted by Crippen LogP contribution is 2.13. The van der Waals surface area contributed by atoms with Crippen molar-refractivity contribution in [2.75, 3.05) is 19.7 Å². The van der Waals surface area contributed by atoms with Crippen LogP contribution < -0.4 is 5.73 Å². The molecule has 1 atom stereocenters. The summed E-state index contributed by atoms with van der Waals surface area (Å²) in [6, 6.07) is 7.51. The number of ether oxygens (including phenoxy) is 1. The van der Waals surface area contributed by atoms with Gasteiger partial charge in [0, 0.05) is 31.4 Å². The number of hydrogen-bond acceptors (Lipinski definition) is 4. The van der Waals surface area contributed by atoms with Gasteiger partial charge in [-0.05, 0) is 30.2 Å². The van der Waals surface area contributed by atoms with Crippen LogP contribution >= 0.6 is 0 Å². The molecule has 3 rings (SSSR count). The average molecular weight is 314 g/mol. The van der Waals surface area contributed by atoms with E-state index < -0.39 is 0 Å². The van der Waals surface area contributed by atoms with Crippen LogP contribution in [0, 0.1) is 6.92 Å². The fraction of sp³-hybridized carbons (Fsp3) is 0.412. The van der Waals surface area contributed by atoms with Crippen LogP contribution in [-0.2, 0) is 17.8 Å². The Hall–Kier alpha value is -2.18. The number of aromatic nitrogens is 2. The molecule has 1 aliphatic heterocycles. The van der Waals surface area contributed by atoms with E-state index in [-0.39, 0.29) is 12.0 Å². The minimum atomic E-state index is -0.388. The summed E-state index contributed by atoms with van der Waals surface area (Å²) in [7, 11) is 0. The number of amides is 1. The minimum Gasteiger partial charge on any atom is -0.374 e. The Morgan fingerprint density at radius 3 is 3.09 bits per heavy atom. The number of rotatable bonds is 5. The lowest BCUT2D eigenvalue weighted by Crippen LogP contribution is -2.43. The first-order valence-corrected chi connectivity index (χ1v) is 7.82. The molecule has 2 aromatic rings. The molecule has 0 saturated carbocycles. The molecule has 1 fully saturated rings. The lowest BCUT2D eigenvalue weighted by atomic mass is 10.1. The molecule has 1 aromatic heterocycles. The van der Waals surface area contributed by atoms with Gasteiger partial charge in [-0.25, -0.2) is 0 Å². The Bertz CT molecular complexity index is 683. The van der Waals surface area contributed by atoms with Crippen molar-refractivity contribution in [2.24, 2.45) is 5.73 Å². The molecule has 23 heavy (non-hydrogen) atoms. The monoisotopic (exact) mass is 314 g/mol. The SMILES string of the molecule is Cc1cnn(C[C@H]2CN(Cc3cccc(C(N)=O)c3)CCO2)c1. The first-order valence-electron chi connectivity index (χ1n) is 7.82. The molecule has 0 bridgehead atoms. The Morgan fingerprint density at radius 2 is 2.35 bits per heavy atom. The maximum absolute atomic E-state index is 11.3. The largest absolute Gasteiger partial charge is 0.374 e. The Balaban J connectivity index is 1.60. The second-order valence-electron chi connectivity index (χ2n) is 6.03. The lowest BCUT2D eigenvalue weighted by Gasteiger charge is -2.33. The third-order valence-corrected chi connectivity index (χ3v) is 3.99. The van der Waals surface area contributed by atoms with Crippen molar-refractivity contribution >= 4 is 5.91 Å². The van der Waals surface area contributed by atoms with Crippen molar-refractivity contribution in [1.29, 1.82) is 0 Å². The molecule has 0 radical (unpaired) electrons. The summed E-state index contributed by atoms with van der Waals surface area (Å²) in [6.07, 6.45) is 4.01. The molecule has 1 aromatic carbocycles. The molecule has 1 amide bonds. The van der Waals surface area contributed by atoms with E-state index in [1.807, 2.05) is 42.2 Å². The Kier molecular flexibility index (Phi) is 4.73. The van der Waals surface area contributed by atoms with E-state index in [4.69, 9.17) is 10.5 Å². The van der Waals surface area contributed by atoms with E-state index >= 15 is 0 Å². The molecule has 1 saturated heterocycles. The number of aryl methyl sites for hydroxylation is 1. The number of morpholine rings is 1. The van der Waals surface area contributed by atoms with E-state index in [1.165, 1.54) is 0 Å². The summed E-state index contributed by atoms with van der Waals surface area (Å²) in [5.41, 5.74) is 8.15. The first kappa shape index (κ1) is 15.7. The van der Waals surface area contributed by atoms with Crippen LogP contribution in [0.15, 0.2) is 36.7 Å². The van der Waals surface area contributed by atoms with E-state index in [0.29, 0.717) is 12.2 Å². The molecule has 0 aliphatic carbocycles. The first-order chi connectivity index (χ1) is 11.1. The zero-order valence-corrected chi connectivity index (χ0v) is 13.3. The third kappa shape index (κ3) is 4.18.